The third kappa shape index (κ3) is 2.57. The predicted molar refractivity (Wildman–Crippen MR) is 57.1 cm³/mol. The summed E-state index contributed by atoms with van der Waals surface area (Å²) in [6.07, 6.45) is 0. The molecule has 88 valence electrons. The SMILES string of the molecule is Cc1cc(C(=O)O)nc(Oc2cc(C)[nH]n2)n1. The number of nitrogens with zero attached hydrogens (tertiary/aromatic N) is 3. The molecule has 0 saturated carbocycles. The van der Waals surface area contributed by atoms with Gasteiger partial charge in [-0.1, -0.05) is 0 Å². The molecule has 0 amide bonds. The number of aryl methyl sites for hydroxylation is 2. The van der Waals surface area contributed by atoms with E-state index >= 15 is 0 Å². The van der Waals surface area contributed by atoms with Crippen LogP contribution in [0.2, 0.25) is 0 Å². The average molecular weight is 234 g/mol. The summed E-state index contributed by atoms with van der Waals surface area (Å²) >= 11 is 0. The van der Waals surface area contributed by atoms with Crippen LogP contribution in [0.3, 0.4) is 0 Å². The zero-order valence-electron chi connectivity index (χ0n) is 9.26. The van der Waals surface area contributed by atoms with Crippen molar-refractivity contribution in [1.82, 2.24) is 20.2 Å². The van der Waals surface area contributed by atoms with E-state index in [0.717, 1.165) is 5.69 Å². The minimum absolute atomic E-state index is 0.0334. The van der Waals surface area contributed by atoms with Crippen LogP contribution in [0, 0.1) is 13.8 Å². The fourth-order valence-corrected chi connectivity index (χ4v) is 1.24. The molecule has 2 heterocycles. The summed E-state index contributed by atoms with van der Waals surface area (Å²) in [7, 11) is 0. The van der Waals surface area contributed by atoms with Crippen molar-refractivity contribution < 1.29 is 14.6 Å². The summed E-state index contributed by atoms with van der Waals surface area (Å²) < 4.78 is 5.24. The highest BCUT2D eigenvalue weighted by Gasteiger charge is 2.11. The van der Waals surface area contributed by atoms with Crippen LogP contribution in [0.1, 0.15) is 21.9 Å². The van der Waals surface area contributed by atoms with E-state index in [9.17, 15) is 4.79 Å². The summed E-state index contributed by atoms with van der Waals surface area (Å²) in [5, 5.41) is 15.4. The largest absolute Gasteiger partial charge is 0.477 e. The Balaban J connectivity index is 2.29. The topological polar surface area (TPSA) is 101 Å². The van der Waals surface area contributed by atoms with Crippen molar-refractivity contribution in [3.8, 4) is 11.9 Å². The minimum Gasteiger partial charge on any atom is -0.477 e. The van der Waals surface area contributed by atoms with Crippen LogP contribution in [0.15, 0.2) is 12.1 Å². The van der Waals surface area contributed by atoms with Crippen LogP contribution in [-0.2, 0) is 0 Å². The second-order valence-electron chi connectivity index (χ2n) is 3.47. The Morgan fingerprint density at radius 1 is 1.35 bits per heavy atom. The van der Waals surface area contributed by atoms with Crippen molar-refractivity contribution in [2.45, 2.75) is 13.8 Å². The van der Waals surface area contributed by atoms with Gasteiger partial charge in [-0.05, 0) is 19.9 Å². The van der Waals surface area contributed by atoms with Crippen LogP contribution in [0.5, 0.6) is 11.9 Å². The number of nitrogens with one attached hydrogen (secondary N) is 1. The van der Waals surface area contributed by atoms with Gasteiger partial charge in [0.2, 0.25) is 5.88 Å². The maximum atomic E-state index is 10.8. The molecule has 2 aromatic heterocycles. The molecular weight excluding hydrogens is 224 g/mol. The monoisotopic (exact) mass is 234 g/mol. The first kappa shape index (κ1) is 11.1. The van der Waals surface area contributed by atoms with Crippen molar-refractivity contribution in [2.24, 2.45) is 0 Å². The number of hydrogen-bond acceptors (Lipinski definition) is 5. The lowest BCUT2D eigenvalue weighted by molar-refractivity contribution is 0.0689. The van der Waals surface area contributed by atoms with Gasteiger partial charge < -0.3 is 9.84 Å². The molecule has 0 aliphatic heterocycles. The van der Waals surface area contributed by atoms with Crippen molar-refractivity contribution in [1.29, 1.82) is 0 Å². The number of carbonyl (C=O) groups is 1. The van der Waals surface area contributed by atoms with Crippen molar-refractivity contribution in [3.05, 3.63) is 29.2 Å². The van der Waals surface area contributed by atoms with E-state index in [1.165, 1.54) is 6.07 Å². The Hall–Kier alpha value is -2.44. The van der Waals surface area contributed by atoms with Gasteiger partial charge in [0.05, 0.1) is 0 Å². The number of aromatic carboxylic acids is 1. The molecule has 0 spiro atoms. The van der Waals surface area contributed by atoms with Crippen LogP contribution in [0.25, 0.3) is 0 Å². The molecule has 2 rings (SSSR count). The molecule has 7 nitrogen and oxygen atoms in total. The maximum absolute atomic E-state index is 10.8. The van der Waals surface area contributed by atoms with E-state index in [2.05, 4.69) is 20.2 Å². The Bertz CT molecular complexity index is 564. The molecule has 2 N–H and O–H groups in total. The number of aromatic amines is 1. The van der Waals surface area contributed by atoms with E-state index in [0.29, 0.717) is 11.6 Å². The lowest BCUT2D eigenvalue weighted by atomic mass is 10.3. The predicted octanol–water partition coefficient (Wildman–Crippen LogP) is 1.31. The van der Waals surface area contributed by atoms with Crippen LogP contribution >= 0.6 is 0 Å². The van der Waals surface area contributed by atoms with E-state index in [1.807, 2.05) is 6.92 Å². The molecule has 0 aliphatic rings. The molecule has 0 unspecified atom stereocenters. The zero-order valence-corrected chi connectivity index (χ0v) is 9.26. The molecule has 0 aromatic carbocycles. The number of H-pyrrole nitrogens is 1. The van der Waals surface area contributed by atoms with Crippen LogP contribution in [0.4, 0.5) is 0 Å². The Labute approximate surface area is 96.5 Å². The number of ether oxygens (including phenoxy) is 1. The van der Waals surface area contributed by atoms with E-state index in [-0.39, 0.29) is 11.7 Å². The summed E-state index contributed by atoms with van der Waals surface area (Å²) in [6, 6.07) is 2.99. The van der Waals surface area contributed by atoms with Gasteiger partial charge in [-0.25, -0.2) is 9.78 Å². The number of carboxylic acid groups (broad SMARTS) is 1. The highest BCUT2D eigenvalue weighted by molar-refractivity contribution is 5.85. The standard InChI is InChI=1S/C10H10N4O3/c1-5-3-7(9(15)16)12-10(11-5)17-8-4-6(2)13-14-8/h3-4H,1-2H3,(H,13,14)(H,15,16). The van der Waals surface area contributed by atoms with Crippen LogP contribution in [-0.4, -0.2) is 31.2 Å². The zero-order chi connectivity index (χ0) is 12.4. The highest BCUT2D eigenvalue weighted by atomic mass is 16.5. The smallest absolute Gasteiger partial charge is 0.354 e. The molecule has 7 heteroatoms. The second kappa shape index (κ2) is 4.20. The van der Waals surface area contributed by atoms with Gasteiger partial charge in [-0.3, -0.25) is 5.10 Å². The third-order valence-electron chi connectivity index (χ3n) is 1.93. The molecule has 0 aliphatic carbocycles. The summed E-state index contributed by atoms with van der Waals surface area (Å²) in [5.74, 6) is -0.831. The highest BCUT2D eigenvalue weighted by Crippen LogP contribution is 2.16. The molecule has 2 aromatic rings. The van der Waals surface area contributed by atoms with Crippen molar-refractivity contribution >= 4 is 5.97 Å². The lowest BCUT2D eigenvalue weighted by Gasteiger charge is -2.02. The van der Waals surface area contributed by atoms with Crippen molar-refractivity contribution in [3.63, 3.8) is 0 Å². The average Bonchev–Trinajstić information content (AvgIpc) is 2.63. The fraction of sp³-hybridized carbons (Fsp3) is 0.200. The Kier molecular flexibility index (Phi) is 2.73. The Morgan fingerprint density at radius 2 is 2.12 bits per heavy atom. The number of rotatable bonds is 3. The number of carboxylic acids is 1. The first-order valence-electron chi connectivity index (χ1n) is 4.83. The van der Waals surface area contributed by atoms with Gasteiger partial charge in [0.15, 0.2) is 5.69 Å². The molecular formula is C10H10N4O3. The quantitative estimate of drug-likeness (QED) is 0.830. The molecule has 0 fully saturated rings. The first-order valence-corrected chi connectivity index (χ1v) is 4.83. The minimum atomic E-state index is -1.13. The summed E-state index contributed by atoms with van der Waals surface area (Å²) in [5.41, 5.74) is 1.23. The normalized spacial score (nSPS) is 10.2. The number of hydrogen-bond donors (Lipinski definition) is 2. The van der Waals surface area contributed by atoms with E-state index in [4.69, 9.17) is 9.84 Å². The third-order valence-corrected chi connectivity index (χ3v) is 1.93. The summed E-state index contributed by atoms with van der Waals surface area (Å²) in [4.78, 5) is 18.5. The van der Waals surface area contributed by atoms with Gasteiger partial charge in [0.1, 0.15) is 0 Å². The van der Waals surface area contributed by atoms with E-state index < -0.39 is 5.97 Å². The second-order valence-corrected chi connectivity index (χ2v) is 3.47. The molecule has 17 heavy (non-hydrogen) atoms. The van der Waals surface area contributed by atoms with Gasteiger partial charge in [0.25, 0.3) is 0 Å². The van der Waals surface area contributed by atoms with Gasteiger partial charge in [-0.15, -0.1) is 5.10 Å². The molecule has 0 radical (unpaired) electrons. The van der Waals surface area contributed by atoms with Crippen molar-refractivity contribution in [2.75, 3.05) is 0 Å². The number of aromatic nitrogens is 4. The molecule has 0 atom stereocenters. The molecule has 0 saturated heterocycles. The summed E-state index contributed by atoms with van der Waals surface area (Å²) in [6.45, 7) is 3.48. The lowest BCUT2D eigenvalue weighted by Crippen LogP contribution is -2.04. The van der Waals surface area contributed by atoms with Gasteiger partial charge in [0, 0.05) is 17.5 Å². The Morgan fingerprint density at radius 3 is 2.71 bits per heavy atom. The maximum Gasteiger partial charge on any atom is 0.354 e. The van der Waals surface area contributed by atoms with Gasteiger partial charge in [-0.2, -0.15) is 4.98 Å². The van der Waals surface area contributed by atoms with E-state index in [1.54, 1.807) is 13.0 Å². The first-order chi connectivity index (χ1) is 8.04. The van der Waals surface area contributed by atoms with Gasteiger partial charge >= 0.3 is 12.0 Å². The fourth-order valence-electron chi connectivity index (χ4n) is 1.24. The molecule has 0 bridgehead atoms. The van der Waals surface area contributed by atoms with Crippen LogP contribution < -0.4 is 4.74 Å².